The van der Waals surface area contributed by atoms with Gasteiger partial charge in [-0.2, -0.15) is 0 Å². The smallest absolute Gasteiger partial charge is 0.420 e. The van der Waals surface area contributed by atoms with E-state index in [0.717, 1.165) is 0 Å². The third kappa shape index (κ3) is 6.93. The normalized spacial score (nSPS) is 11.9. The minimum absolute atomic E-state index is 0.0784. The van der Waals surface area contributed by atoms with Crippen LogP contribution in [-0.2, 0) is 23.1 Å². The lowest BCUT2D eigenvalue weighted by atomic mass is 9.98. The van der Waals surface area contributed by atoms with Crippen molar-refractivity contribution in [1.29, 1.82) is 0 Å². The molecule has 0 radical (unpaired) electrons. The number of hydrogen-bond donors (Lipinski definition) is 0. The molecule has 0 saturated carbocycles. The molecule has 11 nitrogen and oxygen atoms in total. The summed E-state index contributed by atoms with van der Waals surface area (Å²) in [5.74, 6) is -1.09. The molecule has 222 valence electrons. The summed E-state index contributed by atoms with van der Waals surface area (Å²) < 4.78 is 34.9. The molecule has 0 unspecified atom stereocenters. The Bertz CT molecular complexity index is 1630. The monoisotopic (exact) mass is 598 g/mol. The van der Waals surface area contributed by atoms with Gasteiger partial charge in [-0.1, -0.05) is 17.7 Å². The van der Waals surface area contributed by atoms with E-state index in [4.69, 9.17) is 25.8 Å². The van der Waals surface area contributed by atoms with Gasteiger partial charge in [-0.25, -0.2) is 38.8 Å². The molecule has 0 aliphatic rings. The lowest BCUT2D eigenvalue weighted by Gasteiger charge is -2.29. The lowest BCUT2D eigenvalue weighted by molar-refractivity contribution is -0.000388. The summed E-state index contributed by atoms with van der Waals surface area (Å²) >= 11 is 6.46. The molecule has 2 amide bonds. The van der Waals surface area contributed by atoms with Crippen LogP contribution in [0.15, 0.2) is 36.9 Å². The standard InChI is InChI=1S/C29H32ClFN6O5/c1-16-11-12-32-25(35-16)40-20-10-9-17(18-13-36(8)24-21(18)23(30)33-15-34-24)19(22(20)31)14-37(26(38)41-28(2,3)4)27(39)42-29(5,6)7/h9-13,15H,14H2,1-8H3. The molecule has 0 N–H and O–H groups in total. The number of carbonyl (C=O) groups is 2. The van der Waals surface area contributed by atoms with Gasteiger partial charge in [0, 0.05) is 36.3 Å². The minimum atomic E-state index is -1.02. The number of halogens is 2. The number of aryl methyl sites for hydroxylation is 2. The number of benzene rings is 1. The second-order valence-corrected chi connectivity index (χ2v) is 11.9. The average molecular weight is 599 g/mol. The first kappa shape index (κ1) is 30.6. The van der Waals surface area contributed by atoms with Crippen molar-refractivity contribution in [2.45, 2.75) is 66.2 Å². The maximum Gasteiger partial charge on any atom is 0.420 e. The summed E-state index contributed by atoms with van der Waals surface area (Å²) in [6, 6.07) is 4.58. The van der Waals surface area contributed by atoms with Gasteiger partial charge in [0.05, 0.1) is 11.9 Å². The van der Waals surface area contributed by atoms with Gasteiger partial charge in [-0.3, -0.25) is 0 Å². The van der Waals surface area contributed by atoms with Crippen molar-refractivity contribution in [3.05, 3.63) is 59.1 Å². The maximum absolute atomic E-state index is 16.5. The van der Waals surface area contributed by atoms with Crippen LogP contribution in [0.5, 0.6) is 11.8 Å². The van der Waals surface area contributed by atoms with E-state index in [-0.39, 0.29) is 22.5 Å². The summed E-state index contributed by atoms with van der Waals surface area (Å²) in [5, 5.41) is 0.602. The Hall–Kier alpha value is -4.32. The van der Waals surface area contributed by atoms with Gasteiger partial charge in [0.1, 0.15) is 28.3 Å². The molecule has 4 aromatic rings. The van der Waals surface area contributed by atoms with E-state index in [2.05, 4.69) is 19.9 Å². The zero-order valence-electron chi connectivity index (χ0n) is 24.7. The van der Waals surface area contributed by atoms with Crippen molar-refractivity contribution in [2.24, 2.45) is 7.05 Å². The third-order valence-corrected chi connectivity index (χ3v) is 6.01. The molecule has 3 heterocycles. The molecule has 0 aliphatic heterocycles. The Morgan fingerprint density at radius 3 is 2.21 bits per heavy atom. The van der Waals surface area contributed by atoms with Crippen molar-refractivity contribution in [1.82, 2.24) is 29.4 Å². The van der Waals surface area contributed by atoms with Crippen molar-refractivity contribution >= 4 is 34.8 Å². The summed E-state index contributed by atoms with van der Waals surface area (Å²) in [5.41, 5.74) is -0.0867. The maximum atomic E-state index is 16.5. The number of nitrogens with zero attached hydrogens (tertiary/aromatic N) is 6. The van der Waals surface area contributed by atoms with Crippen LogP contribution in [0.3, 0.4) is 0 Å². The number of carbonyl (C=O) groups excluding carboxylic acids is 2. The van der Waals surface area contributed by atoms with E-state index < -0.39 is 35.8 Å². The van der Waals surface area contributed by atoms with E-state index in [9.17, 15) is 9.59 Å². The number of ether oxygens (including phenoxy) is 3. The van der Waals surface area contributed by atoms with Gasteiger partial charge in [0.2, 0.25) is 0 Å². The summed E-state index contributed by atoms with van der Waals surface area (Å²) in [4.78, 5) is 43.9. The van der Waals surface area contributed by atoms with Gasteiger partial charge >= 0.3 is 18.2 Å². The predicted octanol–water partition coefficient (Wildman–Crippen LogP) is 6.99. The largest absolute Gasteiger partial charge is 0.443 e. The second kappa shape index (κ2) is 11.5. The molecule has 1 aromatic carbocycles. The first-order valence-corrected chi connectivity index (χ1v) is 13.4. The first-order chi connectivity index (χ1) is 19.5. The number of amides is 2. The van der Waals surface area contributed by atoms with Gasteiger partial charge in [0.25, 0.3) is 0 Å². The van der Waals surface area contributed by atoms with Crippen molar-refractivity contribution in [3.63, 3.8) is 0 Å². The van der Waals surface area contributed by atoms with Gasteiger partial charge in [-0.05, 0) is 66.2 Å². The fourth-order valence-corrected chi connectivity index (χ4v) is 4.26. The number of rotatable bonds is 5. The molecule has 0 spiro atoms. The molecule has 0 saturated heterocycles. The summed E-state index contributed by atoms with van der Waals surface area (Å²) in [6.07, 6.45) is 2.47. The first-order valence-electron chi connectivity index (χ1n) is 13.0. The highest BCUT2D eigenvalue weighted by Crippen LogP contribution is 2.39. The quantitative estimate of drug-likeness (QED) is 0.224. The molecule has 0 fully saturated rings. The van der Waals surface area contributed by atoms with E-state index in [0.29, 0.717) is 32.8 Å². The number of fused-ring (bicyclic) bond motifs is 1. The topological polar surface area (TPSA) is 122 Å². The molecule has 13 heteroatoms. The molecule has 0 atom stereocenters. The highest BCUT2D eigenvalue weighted by molar-refractivity contribution is 6.35. The molecule has 0 bridgehead atoms. The summed E-state index contributed by atoms with van der Waals surface area (Å²) in [7, 11) is 1.76. The molecular formula is C29H32ClFN6O5. The molecular weight excluding hydrogens is 567 g/mol. The van der Waals surface area contributed by atoms with Crippen LogP contribution in [0.2, 0.25) is 5.15 Å². The Morgan fingerprint density at radius 1 is 0.976 bits per heavy atom. The zero-order chi connectivity index (χ0) is 31.0. The van der Waals surface area contributed by atoms with E-state index in [1.54, 1.807) is 78.4 Å². The van der Waals surface area contributed by atoms with E-state index >= 15 is 4.39 Å². The van der Waals surface area contributed by atoms with Crippen LogP contribution in [0, 0.1) is 12.7 Å². The highest BCUT2D eigenvalue weighted by Gasteiger charge is 2.34. The van der Waals surface area contributed by atoms with Crippen molar-refractivity contribution < 1.29 is 28.2 Å². The van der Waals surface area contributed by atoms with Crippen LogP contribution in [0.25, 0.3) is 22.2 Å². The van der Waals surface area contributed by atoms with E-state index in [1.807, 2.05) is 0 Å². The second-order valence-electron chi connectivity index (χ2n) is 11.6. The van der Waals surface area contributed by atoms with Crippen LogP contribution >= 0.6 is 11.6 Å². The molecule has 0 aliphatic carbocycles. The fourth-order valence-electron chi connectivity index (χ4n) is 4.03. The van der Waals surface area contributed by atoms with Gasteiger partial charge < -0.3 is 18.8 Å². The number of hydrogen-bond acceptors (Lipinski definition) is 9. The fraction of sp³-hybridized carbons (Fsp3) is 0.379. The number of imide groups is 1. The van der Waals surface area contributed by atoms with Crippen molar-refractivity contribution in [2.75, 3.05) is 0 Å². The van der Waals surface area contributed by atoms with Crippen LogP contribution in [0.1, 0.15) is 52.8 Å². The SMILES string of the molecule is Cc1ccnc(Oc2ccc(-c3cn(C)c4ncnc(Cl)c34)c(CN(C(=O)OC(C)(C)C)C(=O)OC(C)(C)C)c2F)n1. The van der Waals surface area contributed by atoms with Crippen LogP contribution in [-0.4, -0.2) is 52.8 Å². The van der Waals surface area contributed by atoms with Crippen molar-refractivity contribution in [3.8, 4) is 22.9 Å². The molecule has 42 heavy (non-hydrogen) atoms. The predicted molar refractivity (Wildman–Crippen MR) is 154 cm³/mol. The zero-order valence-corrected chi connectivity index (χ0v) is 25.4. The van der Waals surface area contributed by atoms with Crippen LogP contribution < -0.4 is 4.74 Å². The van der Waals surface area contributed by atoms with Crippen LogP contribution in [0.4, 0.5) is 14.0 Å². The van der Waals surface area contributed by atoms with Gasteiger partial charge in [0.15, 0.2) is 11.6 Å². The van der Waals surface area contributed by atoms with E-state index in [1.165, 1.54) is 18.6 Å². The molecule has 3 aromatic heterocycles. The Labute approximate surface area is 247 Å². The lowest BCUT2D eigenvalue weighted by Crippen LogP contribution is -2.43. The summed E-state index contributed by atoms with van der Waals surface area (Å²) in [6.45, 7) is 11.1. The number of aromatic nitrogens is 5. The Morgan fingerprint density at radius 2 is 1.62 bits per heavy atom. The minimum Gasteiger partial charge on any atom is -0.443 e. The molecule has 4 rings (SSSR count). The highest BCUT2D eigenvalue weighted by atomic mass is 35.5. The average Bonchev–Trinajstić information content (AvgIpc) is 3.19. The third-order valence-electron chi connectivity index (χ3n) is 5.72. The Kier molecular flexibility index (Phi) is 8.40. The Balaban J connectivity index is 1.92. The van der Waals surface area contributed by atoms with Gasteiger partial charge in [-0.15, -0.1) is 0 Å².